The minimum Gasteiger partial charge on any atom is -0.381 e. The Bertz CT molecular complexity index is 283. The average molecular weight is 300 g/mol. The second kappa shape index (κ2) is 15.1. The van der Waals surface area contributed by atoms with Crippen LogP contribution in [0.2, 0.25) is 0 Å². The number of unbranched alkanes of at least 4 members (excludes halogenated alkanes) is 1. The first-order chi connectivity index (χ1) is 10.2. The molecule has 6 heteroatoms. The molecule has 0 aliphatic heterocycles. The number of hydrogen-bond acceptors (Lipinski definition) is 3. The highest BCUT2D eigenvalue weighted by atomic mass is 16.5. The zero-order valence-electron chi connectivity index (χ0n) is 13.8. The van der Waals surface area contributed by atoms with Gasteiger partial charge in [0.1, 0.15) is 0 Å². The van der Waals surface area contributed by atoms with Gasteiger partial charge in [0.25, 0.3) is 0 Å². The number of nitrogens with one attached hydrogen (secondary N) is 3. The van der Waals surface area contributed by atoms with Crippen LogP contribution in [0, 0.1) is 0 Å². The number of rotatable bonds is 12. The molecule has 1 amide bonds. The molecule has 0 bridgehead atoms. The number of guanidine groups is 1. The molecule has 0 aliphatic carbocycles. The first-order valence-corrected chi connectivity index (χ1v) is 8.03. The summed E-state index contributed by atoms with van der Waals surface area (Å²) in [5, 5.41) is 9.17. The third-order valence-corrected chi connectivity index (χ3v) is 2.84. The number of carbonyl (C=O) groups excluding carboxylic acids is 1. The minimum absolute atomic E-state index is 0.0733. The lowest BCUT2D eigenvalue weighted by molar-refractivity contribution is -0.120. The van der Waals surface area contributed by atoms with Gasteiger partial charge in [-0.05, 0) is 19.3 Å². The highest BCUT2D eigenvalue weighted by Gasteiger charge is 2.01. The molecule has 0 saturated carbocycles. The van der Waals surface area contributed by atoms with Gasteiger partial charge in [0, 0.05) is 46.3 Å². The van der Waals surface area contributed by atoms with Crippen molar-refractivity contribution >= 4 is 11.9 Å². The molecular formula is C15H32N4O2. The molecule has 3 N–H and O–H groups in total. The van der Waals surface area contributed by atoms with Crippen molar-refractivity contribution in [3.8, 4) is 0 Å². The van der Waals surface area contributed by atoms with Crippen LogP contribution in [0.5, 0.6) is 0 Å². The van der Waals surface area contributed by atoms with Crippen LogP contribution >= 0.6 is 0 Å². The van der Waals surface area contributed by atoms with Crippen LogP contribution < -0.4 is 16.0 Å². The topological polar surface area (TPSA) is 74.8 Å². The second-order valence-electron chi connectivity index (χ2n) is 4.85. The monoisotopic (exact) mass is 300 g/mol. The van der Waals surface area contributed by atoms with E-state index in [9.17, 15) is 4.79 Å². The number of ether oxygens (including phenoxy) is 1. The molecule has 0 aliphatic rings. The van der Waals surface area contributed by atoms with Crippen molar-refractivity contribution in [3.05, 3.63) is 0 Å². The summed E-state index contributed by atoms with van der Waals surface area (Å²) in [6.07, 6.45) is 4.66. The summed E-state index contributed by atoms with van der Waals surface area (Å²) in [6.45, 7) is 7.94. The highest BCUT2D eigenvalue weighted by molar-refractivity contribution is 5.81. The molecule has 0 unspecified atom stereocenters. The average Bonchev–Trinajstić information content (AvgIpc) is 2.50. The Hall–Kier alpha value is -1.30. The normalized spacial score (nSPS) is 11.3. The van der Waals surface area contributed by atoms with Gasteiger partial charge in [-0.15, -0.1) is 0 Å². The van der Waals surface area contributed by atoms with Crippen molar-refractivity contribution in [2.24, 2.45) is 4.99 Å². The molecule has 0 spiro atoms. The van der Waals surface area contributed by atoms with Crippen LogP contribution in [-0.4, -0.2) is 51.8 Å². The van der Waals surface area contributed by atoms with E-state index in [1.54, 1.807) is 7.05 Å². The Kier molecular flexibility index (Phi) is 14.2. The van der Waals surface area contributed by atoms with Gasteiger partial charge in [0.15, 0.2) is 5.96 Å². The molecule has 0 fully saturated rings. The van der Waals surface area contributed by atoms with Crippen molar-refractivity contribution in [3.63, 3.8) is 0 Å². The summed E-state index contributed by atoms with van der Waals surface area (Å²) < 4.78 is 5.49. The first-order valence-electron chi connectivity index (χ1n) is 8.03. The van der Waals surface area contributed by atoms with Gasteiger partial charge in [-0.3, -0.25) is 9.79 Å². The summed E-state index contributed by atoms with van der Waals surface area (Å²) in [5.74, 6) is 0.802. The van der Waals surface area contributed by atoms with Gasteiger partial charge < -0.3 is 20.7 Å². The van der Waals surface area contributed by atoms with Crippen molar-refractivity contribution < 1.29 is 9.53 Å². The zero-order chi connectivity index (χ0) is 15.8. The predicted octanol–water partition coefficient (Wildman–Crippen LogP) is 1.27. The second-order valence-corrected chi connectivity index (χ2v) is 4.85. The smallest absolute Gasteiger partial charge is 0.221 e. The quantitative estimate of drug-likeness (QED) is 0.288. The molecule has 0 aromatic carbocycles. The Morgan fingerprint density at radius 1 is 0.952 bits per heavy atom. The molecule has 0 aromatic rings. The van der Waals surface area contributed by atoms with E-state index in [2.05, 4.69) is 27.9 Å². The predicted molar refractivity (Wildman–Crippen MR) is 87.6 cm³/mol. The van der Waals surface area contributed by atoms with Gasteiger partial charge in [-0.1, -0.05) is 20.3 Å². The van der Waals surface area contributed by atoms with Crippen molar-refractivity contribution in [2.75, 3.05) is 39.9 Å². The maximum absolute atomic E-state index is 11.4. The van der Waals surface area contributed by atoms with Gasteiger partial charge in [-0.25, -0.2) is 0 Å². The molecule has 0 radical (unpaired) electrons. The van der Waals surface area contributed by atoms with Crippen LogP contribution in [0.4, 0.5) is 0 Å². The highest BCUT2D eigenvalue weighted by Crippen LogP contribution is 1.89. The molecule has 0 saturated heterocycles. The van der Waals surface area contributed by atoms with E-state index >= 15 is 0 Å². The number of amides is 1. The van der Waals surface area contributed by atoms with E-state index < -0.39 is 0 Å². The number of carbonyl (C=O) groups is 1. The largest absolute Gasteiger partial charge is 0.381 e. The molecule has 124 valence electrons. The SMILES string of the molecule is CCCCOCCCNC(=NC)NCCC(=O)NCCC. The van der Waals surface area contributed by atoms with E-state index in [4.69, 9.17) is 4.74 Å². The van der Waals surface area contributed by atoms with E-state index in [1.807, 2.05) is 6.92 Å². The summed E-state index contributed by atoms with van der Waals surface area (Å²) in [5.41, 5.74) is 0. The summed E-state index contributed by atoms with van der Waals surface area (Å²) in [4.78, 5) is 15.5. The van der Waals surface area contributed by atoms with Crippen LogP contribution in [0.25, 0.3) is 0 Å². The minimum atomic E-state index is 0.0733. The number of aliphatic imine (C=N–C) groups is 1. The van der Waals surface area contributed by atoms with Crippen LogP contribution in [0.15, 0.2) is 4.99 Å². The fourth-order valence-electron chi connectivity index (χ4n) is 1.60. The lowest BCUT2D eigenvalue weighted by atomic mass is 10.3. The van der Waals surface area contributed by atoms with Gasteiger partial charge in [0.2, 0.25) is 5.91 Å². The Labute approximate surface area is 129 Å². The third kappa shape index (κ3) is 13.4. The Morgan fingerprint density at radius 2 is 1.67 bits per heavy atom. The maximum Gasteiger partial charge on any atom is 0.221 e. The van der Waals surface area contributed by atoms with Crippen molar-refractivity contribution in [1.29, 1.82) is 0 Å². The van der Waals surface area contributed by atoms with E-state index in [1.165, 1.54) is 6.42 Å². The molecule has 0 heterocycles. The number of hydrogen-bond donors (Lipinski definition) is 3. The lowest BCUT2D eigenvalue weighted by Gasteiger charge is -2.12. The molecular weight excluding hydrogens is 268 g/mol. The summed E-state index contributed by atoms with van der Waals surface area (Å²) in [7, 11) is 1.73. The molecule has 0 aromatic heterocycles. The van der Waals surface area contributed by atoms with Crippen molar-refractivity contribution in [1.82, 2.24) is 16.0 Å². The van der Waals surface area contributed by atoms with Crippen LogP contribution in [-0.2, 0) is 9.53 Å². The summed E-state index contributed by atoms with van der Waals surface area (Å²) in [6, 6.07) is 0. The maximum atomic E-state index is 11.4. The molecule has 21 heavy (non-hydrogen) atoms. The van der Waals surface area contributed by atoms with Crippen LogP contribution in [0.3, 0.4) is 0 Å². The van der Waals surface area contributed by atoms with E-state index in [0.29, 0.717) is 13.0 Å². The van der Waals surface area contributed by atoms with Gasteiger partial charge in [0.05, 0.1) is 0 Å². The van der Waals surface area contributed by atoms with Crippen LogP contribution in [0.1, 0.15) is 46.0 Å². The Balaban J connectivity index is 3.52. The van der Waals surface area contributed by atoms with E-state index in [-0.39, 0.29) is 5.91 Å². The zero-order valence-corrected chi connectivity index (χ0v) is 13.8. The molecule has 0 atom stereocenters. The van der Waals surface area contributed by atoms with Gasteiger partial charge >= 0.3 is 0 Å². The molecule has 0 rings (SSSR count). The molecule has 6 nitrogen and oxygen atoms in total. The standard InChI is InChI=1S/C15H32N4O2/c1-4-6-12-21-13-7-10-18-15(16-3)19-11-8-14(20)17-9-5-2/h4-13H2,1-3H3,(H,17,20)(H2,16,18,19). The fraction of sp³-hybridized carbons (Fsp3) is 0.867. The van der Waals surface area contributed by atoms with Gasteiger partial charge in [-0.2, -0.15) is 0 Å². The van der Waals surface area contributed by atoms with E-state index in [0.717, 1.165) is 51.5 Å². The third-order valence-electron chi connectivity index (χ3n) is 2.84. The lowest BCUT2D eigenvalue weighted by Crippen LogP contribution is -2.40. The van der Waals surface area contributed by atoms with Crippen molar-refractivity contribution in [2.45, 2.75) is 46.0 Å². The Morgan fingerprint density at radius 3 is 2.33 bits per heavy atom. The first kappa shape index (κ1) is 19.7. The summed E-state index contributed by atoms with van der Waals surface area (Å²) >= 11 is 0. The fourth-order valence-corrected chi connectivity index (χ4v) is 1.60. The number of nitrogens with zero attached hydrogens (tertiary/aromatic N) is 1.